The van der Waals surface area contributed by atoms with Crippen LogP contribution in [-0.2, 0) is 6.54 Å². The van der Waals surface area contributed by atoms with E-state index in [-0.39, 0.29) is 0 Å². The highest BCUT2D eigenvalue weighted by Crippen LogP contribution is 2.23. The Labute approximate surface area is 89.9 Å². The fraction of sp³-hybridized carbons (Fsp3) is 0.417. The van der Waals surface area contributed by atoms with Gasteiger partial charge in [-0.05, 0) is 30.5 Å². The van der Waals surface area contributed by atoms with Crippen molar-refractivity contribution in [2.75, 3.05) is 0 Å². The van der Waals surface area contributed by atoms with Gasteiger partial charge in [-0.2, -0.15) is 0 Å². The molecule has 15 heavy (non-hydrogen) atoms. The molecule has 2 N–H and O–H groups in total. The molecule has 0 aliphatic heterocycles. The molecule has 0 saturated carbocycles. The molecule has 0 fully saturated rings. The second kappa shape index (κ2) is 3.66. The van der Waals surface area contributed by atoms with Crippen LogP contribution in [0.15, 0.2) is 18.5 Å². The summed E-state index contributed by atoms with van der Waals surface area (Å²) in [5.74, 6) is 0.547. The van der Waals surface area contributed by atoms with Crippen molar-refractivity contribution in [3.63, 3.8) is 0 Å². The van der Waals surface area contributed by atoms with Gasteiger partial charge in [0.05, 0.1) is 12.0 Å². The van der Waals surface area contributed by atoms with E-state index in [2.05, 4.69) is 42.3 Å². The van der Waals surface area contributed by atoms with Gasteiger partial charge in [0.1, 0.15) is 0 Å². The molecule has 0 aromatic carbocycles. The van der Waals surface area contributed by atoms with E-state index in [1.165, 1.54) is 16.8 Å². The summed E-state index contributed by atoms with van der Waals surface area (Å²) in [6, 6.07) is 4.28. The monoisotopic (exact) mass is 203 g/mol. The molecule has 0 amide bonds. The molecule has 3 nitrogen and oxygen atoms in total. The third kappa shape index (κ3) is 1.63. The first-order chi connectivity index (χ1) is 7.13. The number of aromatic nitrogens is 2. The SMILES string of the molecule is Cc1c(C(C)C)cc2cc(CN)ncn12. The highest BCUT2D eigenvalue weighted by Gasteiger charge is 2.09. The second-order valence-electron chi connectivity index (χ2n) is 4.22. The number of hydrogen-bond acceptors (Lipinski definition) is 2. The van der Waals surface area contributed by atoms with E-state index in [1.807, 2.05) is 6.33 Å². The highest BCUT2D eigenvalue weighted by atomic mass is 15.0. The van der Waals surface area contributed by atoms with E-state index in [0.29, 0.717) is 12.5 Å². The Hall–Kier alpha value is -1.35. The molecule has 80 valence electrons. The summed E-state index contributed by atoms with van der Waals surface area (Å²) >= 11 is 0. The zero-order chi connectivity index (χ0) is 11.0. The van der Waals surface area contributed by atoms with Crippen molar-refractivity contribution in [1.82, 2.24) is 9.38 Å². The fourth-order valence-electron chi connectivity index (χ4n) is 1.97. The summed E-state index contributed by atoms with van der Waals surface area (Å²) in [5.41, 5.74) is 10.4. The zero-order valence-corrected chi connectivity index (χ0v) is 9.49. The number of nitrogens with two attached hydrogens (primary N) is 1. The molecule has 0 saturated heterocycles. The zero-order valence-electron chi connectivity index (χ0n) is 9.49. The van der Waals surface area contributed by atoms with Crippen LogP contribution < -0.4 is 5.73 Å². The van der Waals surface area contributed by atoms with E-state index in [9.17, 15) is 0 Å². The Morgan fingerprint density at radius 3 is 2.73 bits per heavy atom. The lowest BCUT2D eigenvalue weighted by Crippen LogP contribution is -2.01. The third-order valence-electron chi connectivity index (χ3n) is 2.85. The van der Waals surface area contributed by atoms with E-state index in [1.54, 1.807) is 0 Å². The average Bonchev–Trinajstić information content (AvgIpc) is 2.55. The Bertz CT molecular complexity index is 483. The van der Waals surface area contributed by atoms with Crippen molar-refractivity contribution in [3.05, 3.63) is 35.4 Å². The van der Waals surface area contributed by atoms with Gasteiger partial charge in [0, 0.05) is 17.8 Å². The molecular formula is C12H17N3. The third-order valence-corrected chi connectivity index (χ3v) is 2.85. The Morgan fingerprint density at radius 2 is 2.13 bits per heavy atom. The maximum absolute atomic E-state index is 5.57. The Kier molecular flexibility index (Phi) is 2.49. The van der Waals surface area contributed by atoms with Crippen molar-refractivity contribution in [1.29, 1.82) is 0 Å². The van der Waals surface area contributed by atoms with Crippen LogP contribution in [0.5, 0.6) is 0 Å². The first kappa shape index (κ1) is 10.2. The minimum Gasteiger partial charge on any atom is -0.325 e. The van der Waals surface area contributed by atoms with Gasteiger partial charge in [0.25, 0.3) is 0 Å². The summed E-state index contributed by atoms with van der Waals surface area (Å²) < 4.78 is 2.12. The first-order valence-electron chi connectivity index (χ1n) is 5.30. The van der Waals surface area contributed by atoms with E-state index in [4.69, 9.17) is 5.73 Å². The molecule has 0 radical (unpaired) electrons. The van der Waals surface area contributed by atoms with E-state index >= 15 is 0 Å². The predicted molar refractivity (Wildman–Crippen MR) is 61.9 cm³/mol. The quantitative estimate of drug-likeness (QED) is 0.813. The predicted octanol–water partition coefficient (Wildman–Crippen LogP) is 2.22. The number of rotatable bonds is 2. The van der Waals surface area contributed by atoms with Crippen molar-refractivity contribution < 1.29 is 0 Å². The lowest BCUT2D eigenvalue weighted by molar-refractivity contribution is 0.846. The van der Waals surface area contributed by atoms with Crippen molar-refractivity contribution >= 4 is 5.52 Å². The van der Waals surface area contributed by atoms with Crippen molar-refractivity contribution in [2.45, 2.75) is 33.2 Å². The molecule has 0 unspecified atom stereocenters. The van der Waals surface area contributed by atoms with Gasteiger partial charge in [0.15, 0.2) is 0 Å². The van der Waals surface area contributed by atoms with Crippen LogP contribution in [0.1, 0.15) is 36.7 Å². The average molecular weight is 203 g/mol. The molecule has 0 aliphatic rings. The largest absolute Gasteiger partial charge is 0.325 e. The van der Waals surface area contributed by atoms with E-state index in [0.717, 1.165) is 5.69 Å². The van der Waals surface area contributed by atoms with Gasteiger partial charge in [-0.3, -0.25) is 0 Å². The number of fused-ring (bicyclic) bond motifs is 1. The van der Waals surface area contributed by atoms with E-state index < -0.39 is 0 Å². The minimum atomic E-state index is 0.498. The van der Waals surface area contributed by atoms with Crippen molar-refractivity contribution in [3.8, 4) is 0 Å². The van der Waals surface area contributed by atoms with Crippen LogP contribution in [0, 0.1) is 6.92 Å². The number of hydrogen-bond donors (Lipinski definition) is 1. The maximum Gasteiger partial charge on any atom is 0.0996 e. The van der Waals surface area contributed by atoms with Gasteiger partial charge < -0.3 is 10.1 Å². The van der Waals surface area contributed by atoms with Crippen LogP contribution in [-0.4, -0.2) is 9.38 Å². The topological polar surface area (TPSA) is 43.3 Å². The Balaban J connectivity index is 2.65. The first-order valence-corrected chi connectivity index (χ1v) is 5.30. The Morgan fingerprint density at radius 1 is 1.40 bits per heavy atom. The molecular weight excluding hydrogens is 186 g/mol. The van der Waals surface area contributed by atoms with Crippen molar-refractivity contribution in [2.24, 2.45) is 5.73 Å². The lowest BCUT2D eigenvalue weighted by atomic mass is 10.0. The molecule has 0 atom stereocenters. The lowest BCUT2D eigenvalue weighted by Gasteiger charge is -2.03. The fourth-order valence-corrected chi connectivity index (χ4v) is 1.97. The molecule has 2 heterocycles. The molecule has 0 spiro atoms. The smallest absolute Gasteiger partial charge is 0.0996 e. The van der Waals surface area contributed by atoms with Gasteiger partial charge >= 0.3 is 0 Å². The van der Waals surface area contributed by atoms with Crippen LogP contribution in [0.4, 0.5) is 0 Å². The van der Waals surface area contributed by atoms with Crippen LogP contribution >= 0.6 is 0 Å². The molecule has 3 heteroatoms. The molecule has 2 aromatic heterocycles. The summed E-state index contributed by atoms with van der Waals surface area (Å²) in [7, 11) is 0. The highest BCUT2D eigenvalue weighted by molar-refractivity contribution is 5.54. The normalized spacial score (nSPS) is 11.5. The van der Waals surface area contributed by atoms with Gasteiger partial charge in [-0.25, -0.2) is 4.98 Å². The van der Waals surface area contributed by atoms with Gasteiger partial charge in [0.2, 0.25) is 0 Å². The maximum atomic E-state index is 5.57. The summed E-state index contributed by atoms with van der Waals surface area (Å²) in [6.45, 7) is 7.04. The summed E-state index contributed by atoms with van der Waals surface area (Å²) in [4.78, 5) is 4.30. The van der Waals surface area contributed by atoms with Gasteiger partial charge in [-0.15, -0.1) is 0 Å². The van der Waals surface area contributed by atoms with Gasteiger partial charge in [-0.1, -0.05) is 13.8 Å². The minimum absolute atomic E-state index is 0.498. The summed E-state index contributed by atoms with van der Waals surface area (Å²) in [5, 5.41) is 0. The van der Waals surface area contributed by atoms with Crippen LogP contribution in [0.3, 0.4) is 0 Å². The standard InChI is InChI=1S/C12H17N3/c1-8(2)12-5-11-4-10(6-13)14-7-15(11)9(12)3/h4-5,7-8H,6,13H2,1-3H3. The molecule has 0 bridgehead atoms. The molecule has 2 rings (SSSR count). The second-order valence-corrected chi connectivity index (χ2v) is 4.22. The number of nitrogens with zero attached hydrogens (tertiary/aromatic N) is 2. The van der Waals surface area contributed by atoms with Crippen LogP contribution in [0.2, 0.25) is 0 Å². The number of aryl methyl sites for hydroxylation is 1. The summed E-state index contributed by atoms with van der Waals surface area (Å²) in [6.07, 6.45) is 1.86. The van der Waals surface area contributed by atoms with Crippen LogP contribution in [0.25, 0.3) is 5.52 Å². The molecule has 2 aromatic rings. The molecule has 0 aliphatic carbocycles.